The lowest BCUT2D eigenvalue weighted by Crippen LogP contribution is -1.96. The standard InChI is InChI=1S/C28H16S8/c1-2-12-5-11(1)15-7-19-20(8-16(12)15)30-24-23(29-19)33-27(34-24)28-35-25-26(36-28)32-22-10-18-14-4-3-13(6-14)17(18)9-21(22)31-25/h1-4,7-14H,5-6H2. The first-order valence-corrected chi connectivity index (χ1v) is 18.6. The molecule has 0 fully saturated rings. The highest BCUT2D eigenvalue weighted by Crippen LogP contribution is 2.71. The van der Waals surface area contributed by atoms with Crippen molar-refractivity contribution >= 4 is 94.1 Å². The first kappa shape index (κ1) is 21.7. The minimum atomic E-state index is 0.662. The van der Waals surface area contributed by atoms with Gasteiger partial charge in [-0.25, -0.2) is 0 Å². The van der Waals surface area contributed by atoms with E-state index in [9.17, 15) is 0 Å². The molecular weight excluding hydrogens is 593 g/mol. The average Bonchev–Trinajstić information content (AvgIpc) is 3.73. The van der Waals surface area contributed by atoms with Crippen LogP contribution in [-0.2, 0) is 0 Å². The summed E-state index contributed by atoms with van der Waals surface area (Å²) in [6.07, 6.45) is 12.3. The number of fused-ring (bicyclic) bond motifs is 12. The van der Waals surface area contributed by atoms with E-state index in [-0.39, 0.29) is 0 Å². The van der Waals surface area contributed by atoms with E-state index in [0.29, 0.717) is 23.7 Å². The summed E-state index contributed by atoms with van der Waals surface area (Å²) in [5.74, 6) is 2.65. The summed E-state index contributed by atoms with van der Waals surface area (Å²) in [6, 6.07) is 10.1. The Labute approximate surface area is 244 Å². The number of rotatable bonds is 0. The van der Waals surface area contributed by atoms with Crippen LogP contribution in [0.2, 0.25) is 0 Å². The topological polar surface area (TPSA) is 0 Å². The fourth-order valence-corrected chi connectivity index (χ4v) is 18.5. The second-order valence-corrected chi connectivity index (χ2v) is 19.9. The third-order valence-corrected chi connectivity index (χ3v) is 19.8. The van der Waals surface area contributed by atoms with Crippen molar-refractivity contribution < 1.29 is 0 Å². The number of benzene rings is 2. The van der Waals surface area contributed by atoms with Gasteiger partial charge in [-0.1, -0.05) is 118 Å². The minimum Gasteiger partial charge on any atom is -0.0804 e. The molecule has 8 heteroatoms. The molecule has 0 saturated carbocycles. The van der Waals surface area contributed by atoms with Gasteiger partial charge >= 0.3 is 0 Å². The first-order chi connectivity index (χ1) is 17.7. The van der Waals surface area contributed by atoms with Crippen molar-refractivity contribution in [1.29, 1.82) is 0 Å². The Hall–Kier alpha value is -0.0600. The fraction of sp³-hybridized carbons (Fsp3) is 0.214. The van der Waals surface area contributed by atoms with E-state index in [2.05, 4.69) is 48.6 Å². The molecule has 4 heterocycles. The summed E-state index contributed by atoms with van der Waals surface area (Å²) in [5.41, 5.74) is 6.37. The molecule has 2 aromatic rings. The smallest absolute Gasteiger partial charge is 0.0718 e. The van der Waals surface area contributed by atoms with Gasteiger partial charge in [-0.05, 0) is 59.4 Å². The predicted octanol–water partition coefficient (Wildman–Crippen LogP) is 11.4. The molecule has 0 amide bonds. The van der Waals surface area contributed by atoms with Gasteiger partial charge in [0, 0.05) is 43.3 Å². The lowest BCUT2D eigenvalue weighted by atomic mass is 9.97. The molecular formula is C28H16S8. The Balaban J connectivity index is 0.911. The van der Waals surface area contributed by atoms with E-state index in [0.717, 1.165) is 0 Å². The molecule has 8 aliphatic rings. The maximum atomic E-state index is 2.51. The molecule has 4 aliphatic heterocycles. The van der Waals surface area contributed by atoms with Crippen LogP contribution in [0.15, 0.2) is 93.6 Å². The minimum absolute atomic E-state index is 0.662. The summed E-state index contributed by atoms with van der Waals surface area (Å²) >= 11 is 16.1. The van der Waals surface area contributed by atoms with Gasteiger partial charge < -0.3 is 0 Å². The van der Waals surface area contributed by atoms with Gasteiger partial charge in [0.25, 0.3) is 0 Å². The van der Waals surface area contributed by atoms with Crippen LogP contribution in [-0.4, -0.2) is 0 Å². The molecule has 0 radical (unpaired) electrons. The van der Waals surface area contributed by atoms with Gasteiger partial charge in [0.2, 0.25) is 0 Å². The highest BCUT2D eigenvalue weighted by Gasteiger charge is 2.39. The molecule has 4 atom stereocenters. The van der Waals surface area contributed by atoms with Crippen molar-refractivity contribution in [3.8, 4) is 0 Å². The van der Waals surface area contributed by atoms with Crippen molar-refractivity contribution in [2.75, 3.05) is 0 Å². The fourth-order valence-electron chi connectivity index (χ4n) is 6.47. The molecule has 2 aromatic carbocycles. The van der Waals surface area contributed by atoms with Crippen LogP contribution in [0.3, 0.4) is 0 Å². The second-order valence-electron chi connectivity index (χ2n) is 10.1. The van der Waals surface area contributed by atoms with Crippen LogP contribution >= 0.6 is 94.1 Å². The van der Waals surface area contributed by atoms with E-state index in [1.54, 1.807) is 22.3 Å². The number of thioether (sulfide) groups is 8. The maximum absolute atomic E-state index is 2.51. The molecule has 36 heavy (non-hydrogen) atoms. The van der Waals surface area contributed by atoms with Crippen LogP contribution in [0.5, 0.6) is 0 Å². The molecule has 0 spiro atoms. The van der Waals surface area contributed by atoms with Gasteiger partial charge in [0.1, 0.15) is 0 Å². The highest BCUT2D eigenvalue weighted by molar-refractivity contribution is 8.45. The van der Waals surface area contributed by atoms with Crippen molar-refractivity contribution in [3.05, 3.63) is 96.2 Å². The second kappa shape index (κ2) is 7.78. The largest absolute Gasteiger partial charge is 0.0804 e. The van der Waals surface area contributed by atoms with Gasteiger partial charge in [-0.15, -0.1) is 0 Å². The van der Waals surface area contributed by atoms with Crippen LogP contribution in [0.4, 0.5) is 0 Å². The van der Waals surface area contributed by atoms with Crippen LogP contribution in [0, 0.1) is 0 Å². The van der Waals surface area contributed by atoms with Crippen LogP contribution < -0.4 is 0 Å². The van der Waals surface area contributed by atoms with Gasteiger partial charge in [0.15, 0.2) is 0 Å². The Morgan fingerprint density at radius 2 is 0.611 bits per heavy atom. The number of allylic oxidation sites excluding steroid dienone is 4. The Morgan fingerprint density at radius 1 is 0.361 bits per heavy atom. The Kier molecular flexibility index (Phi) is 4.69. The molecule has 4 unspecified atom stereocenters. The molecule has 0 nitrogen and oxygen atoms in total. The molecule has 0 saturated heterocycles. The summed E-state index contributed by atoms with van der Waals surface area (Å²) in [4.78, 5) is 5.89. The summed E-state index contributed by atoms with van der Waals surface area (Å²) in [5, 5.41) is 0. The zero-order valence-corrected chi connectivity index (χ0v) is 25.1. The lowest BCUT2D eigenvalue weighted by Gasteiger charge is -2.20. The van der Waals surface area contributed by atoms with E-state index in [4.69, 9.17) is 0 Å². The average molecular weight is 609 g/mol. The molecule has 0 N–H and O–H groups in total. The van der Waals surface area contributed by atoms with E-state index in [1.807, 2.05) is 94.1 Å². The van der Waals surface area contributed by atoms with Crippen molar-refractivity contribution in [1.82, 2.24) is 0 Å². The van der Waals surface area contributed by atoms with Gasteiger partial charge in [0.05, 0.1) is 25.4 Å². The monoisotopic (exact) mass is 608 g/mol. The maximum Gasteiger partial charge on any atom is 0.0718 e. The SMILES string of the molecule is C1=CC2CC1c1cc3c(cc12)SC1=C(SC(=C2SC4=C(S2)Sc2cc5c(cc2S4)C2C=CC5C2)S1)S3. The van der Waals surface area contributed by atoms with E-state index in [1.165, 1.54) is 57.8 Å². The molecule has 4 bridgehead atoms. The highest BCUT2D eigenvalue weighted by atomic mass is 32.3. The van der Waals surface area contributed by atoms with Crippen LogP contribution in [0.1, 0.15) is 58.8 Å². The lowest BCUT2D eigenvalue weighted by molar-refractivity contribution is 0.804. The molecule has 176 valence electrons. The van der Waals surface area contributed by atoms with E-state index < -0.39 is 0 Å². The normalized spacial score (nSPS) is 31.3. The summed E-state index contributed by atoms with van der Waals surface area (Å²) in [7, 11) is 0. The zero-order valence-electron chi connectivity index (χ0n) is 18.6. The summed E-state index contributed by atoms with van der Waals surface area (Å²) in [6.45, 7) is 0. The Morgan fingerprint density at radius 3 is 0.889 bits per heavy atom. The van der Waals surface area contributed by atoms with Gasteiger partial charge in [-0.3, -0.25) is 0 Å². The number of hydrogen-bond acceptors (Lipinski definition) is 8. The summed E-state index contributed by atoms with van der Waals surface area (Å²) < 4.78 is 8.95. The number of hydrogen-bond donors (Lipinski definition) is 0. The van der Waals surface area contributed by atoms with Crippen LogP contribution in [0.25, 0.3) is 0 Å². The quantitative estimate of drug-likeness (QED) is 0.267. The molecule has 0 aromatic heterocycles. The van der Waals surface area contributed by atoms with Gasteiger partial charge in [-0.2, -0.15) is 0 Å². The third kappa shape index (κ3) is 3.05. The molecule has 4 aliphatic carbocycles. The van der Waals surface area contributed by atoms with E-state index >= 15 is 0 Å². The third-order valence-electron chi connectivity index (χ3n) is 8.12. The van der Waals surface area contributed by atoms with Crippen molar-refractivity contribution in [3.63, 3.8) is 0 Å². The predicted molar refractivity (Wildman–Crippen MR) is 166 cm³/mol. The first-order valence-electron chi connectivity index (χ1n) is 12.1. The van der Waals surface area contributed by atoms with Crippen molar-refractivity contribution in [2.24, 2.45) is 0 Å². The zero-order chi connectivity index (χ0) is 23.1. The Bertz CT molecular complexity index is 1390. The van der Waals surface area contributed by atoms with Crippen molar-refractivity contribution in [2.45, 2.75) is 56.1 Å². The molecule has 10 rings (SSSR count).